The first-order valence-corrected chi connectivity index (χ1v) is 10.3. The van der Waals surface area contributed by atoms with Crippen molar-refractivity contribution in [2.45, 2.75) is 13.0 Å². The number of methoxy groups -OCH3 is 1. The fraction of sp³-hybridized carbons (Fsp3) is 0.174. The Kier molecular flexibility index (Phi) is 5.50. The van der Waals surface area contributed by atoms with E-state index in [1.54, 1.807) is 17.0 Å². The van der Waals surface area contributed by atoms with Gasteiger partial charge in [0.05, 0.1) is 19.2 Å². The smallest absolute Gasteiger partial charge is 0.409 e. The molecular formula is C23H19N3O3S. The van der Waals surface area contributed by atoms with Crippen molar-refractivity contribution in [1.82, 2.24) is 4.90 Å². The normalized spacial score (nSPS) is 12.6. The first kappa shape index (κ1) is 19.7. The van der Waals surface area contributed by atoms with Crippen LogP contribution in [0.1, 0.15) is 26.4 Å². The molecule has 3 aromatic rings. The number of nitrogens with zero attached hydrogens (tertiary/aromatic N) is 2. The van der Waals surface area contributed by atoms with E-state index in [1.807, 2.05) is 42.5 Å². The van der Waals surface area contributed by atoms with Crippen molar-refractivity contribution in [2.75, 3.05) is 19.0 Å². The largest absolute Gasteiger partial charge is 0.453 e. The highest BCUT2D eigenvalue weighted by Crippen LogP contribution is 2.37. The molecule has 1 aromatic heterocycles. The lowest BCUT2D eigenvalue weighted by atomic mass is 10.0. The van der Waals surface area contributed by atoms with Crippen LogP contribution in [-0.2, 0) is 17.7 Å². The minimum atomic E-state index is -0.392. The molecule has 0 radical (unpaired) electrons. The average Bonchev–Trinajstić information content (AvgIpc) is 3.15. The molecule has 0 atom stereocenters. The number of rotatable bonds is 3. The third kappa shape index (κ3) is 3.78. The van der Waals surface area contributed by atoms with E-state index in [9.17, 15) is 14.9 Å². The van der Waals surface area contributed by atoms with Gasteiger partial charge in [-0.15, -0.1) is 11.3 Å². The molecule has 2 aromatic carbocycles. The summed E-state index contributed by atoms with van der Waals surface area (Å²) in [7, 11) is 1.35. The molecule has 6 nitrogen and oxygen atoms in total. The van der Waals surface area contributed by atoms with Gasteiger partial charge in [0.25, 0.3) is 5.91 Å². The van der Waals surface area contributed by atoms with Crippen molar-refractivity contribution in [1.29, 1.82) is 5.26 Å². The summed E-state index contributed by atoms with van der Waals surface area (Å²) < 4.78 is 4.79. The fourth-order valence-electron chi connectivity index (χ4n) is 3.51. The maximum absolute atomic E-state index is 12.8. The number of benzene rings is 2. The molecule has 0 fully saturated rings. The molecular weight excluding hydrogens is 398 g/mol. The molecule has 1 aliphatic heterocycles. The van der Waals surface area contributed by atoms with Crippen molar-refractivity contribution in [3.05, 3.63) is 76.2 Å². The van der Waals surface area contributed by atoms with Gasteiger partial charge in [-0.3, -0.25) is 4.79 Å². The lowest BCUT2D eigenvalue weighted by molar-refractivity contribution is 0.102. The Morgan fingerprint density at radius 3 is 2.47 bits per heavy atom. The van der Waals surface area contributed by atoms with E-state index in [4.69, 9.17) is 4.74 Å². The first-order valence-electron chi connectivity index (χ1n) is 9.45. The highest BCUT2D eigenvalue weighted by Gasteiger charge is 2.28. The van der Waals surface area contributed by atoms with E-state index < -0.39 is 6.09 Å². The van der Waals surface area contributed by atoms with Gasteiger partial charge in [0.15, 0.2) is 0 Å². The zero-order chi connectivity index (χ0) is 21.1. The number of hydrogen-bond acceptors (Lipinski definition) is 5. The van der Waals surface area contributed by atoms with E-state index in [0.29, 0.717) is 35.6 Å². The van der Waals surface area contributed by atoms with Crippen molar-refractivity contribution >= 4 is 28.3 Å². The number of hydrogen-bond donors (Lipinski definition) is 1. The number of nitrogens with one attached hydrogen (secondary N) is 1. The van der Waals surface area contributed by atoms with Crippen molar-refractivity contribution in [2.24, 2.45) is 0 Å². The van der Waals surface area contributed by atoms with E-state index in [2.05, 4.69) is 11.4 Å². The molecule has 0 saturated carbocycles. The second-order valence-electron chi connectivity index (χ2n) is 6.86. The maximum atomic E-state index is 12.8. The molecule has 1 aliphatic rings. The Labute approximate surface area is 178 Å². The van der Waals surface area contributed by atoms with Crippen LogP contribution < -0.4 is 5.32 Å². The van der Waals surface area contributed by atoms with Gasteiger partial charge in [-0.1, -0.05) is 42.5 Å². The van der Waals surface area contributed by atoms with Crippen LogP contribution in [0.4, 0.5) is 9.80 Å². The minimum absolute atomic E-state index is 0.269. The summed E-state index contributed by atoms with van der Waals surface area (Å²) in [6.07, 6.45) is 0.169. The molecule has 0 spiro atoms. The number of carbonyl (C=O) groups is 2. The second-order valence-corrected chi connectivity index (χ2v) is 7.96. The van der Waals surface area contributed by atoms with Crippen LogP contribution in [0.25, 0.3) is 11.1 Å². The van der Waals surface area contributed by atoms with Crippen LogP contribution >= 0.6 is 11.3 Å². The number of ether oxygens (including phenoxy) is 1. The van der Waals surface area contributed by atoms with E-state index in [1.165, 1.54) is 18.4 Å². The summed E-state index contributed by atoms with van der Waals surface area (Å²) in [6, 6.07) is 19.5. The van der Waals surface area contributed by atoms with Crippen molar-refractivity contribution in [3.8, 4) is 17.2 Å². The molecule has 1 N–H and O–H groups in total. The Bertz CT molecular complexity index is 1130. The van der Waals surface area contributed by atoms with Crippen LogP contribution in [0.5, 0.6) is 0 Å². The Hall–Kier alpha value is -3.63. The quantitative estimate of drug-likeness (QED) is 0.672. The molecule has 150 valence electrons. The highest BCUT2D eigenvalue weighted by atomic mass is 32.1. The zero-order valence-corrected chi connectivity index (χ0v) is 17.2. The van der Waals surface area contributed by atoms with Gasteiger partial charge in [0.1, 0.15) is 11.1 Å². The topological polar surface area (TPSA) is 82.4 Å². The van der Waals surface area contributed by atoms with Gasteiger partial charge in [-0.05, 0) is 35.2 Å². The predicted octanol–water partition coefficient (Wildman–Crippen LogP) is 4.66. The second kappa shape index (κ2) is 8.39. The molecule has 0 saturated heterocycles. The van der Waals surface area contributed by atoms with Crippen LogP contribution in [-0.4, -0.2) is 30.6 Å². The summed E-state index contributed by atoms with van der Waals surface area (Å²) in [5, 5.41) is 13.0. The number of fused-ring (bicyclic) bond motifs is 1. The third-order valence-corrected chi connectivity index (χ3v) is 6.21. The minimum Gasteiger partial charge on any atom is -0.453 e. The number of amides is 2. The molecule has 2 heterocycles. The molecule has 7 heteroatoms. The predicted molar refractivity (Wildman–Crippen MR) is 115 cm³/mol. The van der Waals surface area contributed by atoms with Gasteiger partial charge in [0, 0.05) is 17.0 Å². The summed E-state index contributed by atoms with van der Waals surface area (Å²) in [4.78, 5) is 27.1. The third-order valence-electron chi connectivity index (χ3n) is 5.08. The summed E-state index contributed by atoms with van der Waals surface area (Å²) in [5.41, 5.74) is 4.00. The number of carbonyl (C=O) groups excluding carboxylic acids is 2. The van der Waals surface area contributed by atoms with Crippen LogP contribution in [0.2, 0.25) is 0 Å². The van der Waals surface area contributed by atoms with Gasteiger partial charge >= 0.3 is 6.09 Å². The Morgan fingerprint density at radius 2 is 1.80 bits per heavy atom. The van der Waals surface area contributed by atoms with E-state index in [0.717, 1.165) is 21.6 Å². The molecule has 30 heavy (non-hydrogen) atoms. The number of thiophene rings is 1. The van der Waals surface area contributed by atoms with Crippen LogP contribution in [0.15, 0.2) is 54.6 Å². The Balaban J connectivity index is 1.53. The molecule has 0 unspecified atom stereocenters. The van der Waals surface area contributed by atoms with Gasteiger partial charge in [-0.2, -0.15) is 5.26 Å². The first-order chi connectivity index (χ1) is 14.6. The zero-order valence-electron chi connectivity index (χ0n) is 16.3. The SMILES string of the molecule is COC(=O)N1CCc2c(sc(NC(=O)c3ccc(-c4ccccc4)cc3)c2C#N)C1. The van der Waals surface area contributed by atoms with Gasteiger partial charge in [0.2, 0.25) is 0 Å². The number of anilines is 1. The fourth-order valence-corrected chi connectivity index (χ4v) is 4.72. The molecule has 4 rings (SSSR count). The standard InChI is InChI=1S/C23H19N3O3S/c1-29-23(28)26-12-11-18-19(13-24)22(30-20(18)14-26)25-21(27)17-9-7-16(8-10-17)15-5-3-2-4-6-15/h2-10H,11-12,14H2,1H3,(H,25,27). The maximum Gasteiger partial charge on any atom is 0.409 e. The van der Waals surface area contributed by atoms with Crippen LogP contribution in [0, 0.1) is 11.3 Å². The number of nitriles is 1. The average molecular weight is 417 g/mol. The summed E-state index contributed by atoms with van der Waals surface area (Å²) in [5.74, 6) is -0.269. The molecule has 0 aliphatic carbocycles. The monoisotopic (exact) mass is 417 g/mol. The molecule has 2 amide bonds. The molecule has 0 bridgehead atoms. The van der Waals surface area contributed by atoms with Crippen molar-refractivity contribution < 1.29 is 14.3 Å². The van der Waals surface area contributed by atoms with E-state index >= 15 is 0 Å². The van der Waals surface area contributed by atoms with Gasteiger partial charge in [-0.25, -0.2) is 4.79 Å². The van der Waals surface area contributed by atoms with Gasteiger partial charge < -0.3 is 15.0 Å². The summed E-state index contributed by atoms with van der Waals surface area (Å²) in [6.45, 7) is 0.864. The highest BCUT2D eigenvalue weighted by molar-refractivity contribution is 7.16. The summed E-state index contributed by atoms with van der Waals surface area (Å²) >= 11 is 1.34. The lowest BCUT2D eigenvalue weighted by Gasteiger charge is -2.25. The lowest BCUT2D eigenvalue weighted by Crippen LogP contribution is -2.35. The van der Waals surface area contributed by atoms with E-state index in [-0.39, 0.29) is 5.91 Å². The van der Waals surface area contributed by atoms with Crippen molar-refractivity contribution in [3.63, 3.8) is 0 Å². The van der Waals surface area contributed by atoms with Crippen LogP contribution in [0.3, 0.4) is 0 Å². The Morgan fingerprint density at radius 1 is 1.10 bits per heavy atom.